The van der Waals surface area contributed by atoms with Crippen LogP contribution in [0.15, 0.2) is 70.8 Å². The van der Waals surface area contributed by atoms with Crippen molar-refractivity contribution < 1.29 is 36.4 Å². The molecule has 3 heteroatoms. The monoisotopic (exact) mass is 576 g/mol. The van der Waals surface area contributed by atoms with E-state index in [4.69, 9.17) is 0 Å². The Morgan fingerprint density at radius 1 is 0.595 bits per heavy atom. The quantitative estimate of drug-likeness (QED) is 0.356. The Kier molecular flexibility index (Phi) is 17.9. The standard InChI is InChI=1S/2C10H14O.2C7H9.Zr/c2*1-3-8-5-6-9(4-2)10(11)7-8;2*1-6-4-3-5-7(6)2;/h2*5-7,11H,3-4H2,1-2H3;2*3H,4H2,1-2H3;/q;;2*-1;+2. The molecular formula is C34H46O2Zr. The van der Waals surface area contributed by atoms with Gasteiger partial charge in [0.05, 0.1) is 0 Å². The molecule has 37 heavy (non-hydrogen) atoms. The SMILES string of the molecule is CC1=C(C)CC=[C-]1.CC1=C(C)CC=[C-]1.CCc1ccc(CC)c(O)c1.CCc1ccc(CC)c(O)c1.[Zr+2]. The van der Waals surface area contributed by atoms with Crippen LogP contribution < -0.4 is 0 Å². The molecule has 2 aliphatic rings. The van der Waals surface area contributed by atoms with Crippen molar-refractivity contribution in [3.8, 4) is 11.5 Å². The summed E-state index contributed by atoms with van der Waals surface area (Å²) in [4.78, 5) is 0. The number of hydrogen-bond donors (Lipinski definition) is 2. The van der Waals surface area contributed by atoms with E-state index in [0.29, 0.717) is 11.5 Å². The van der Waals surface area contributed by atoms with Gasteiger partial charge in [-0.25, -0.2) is 22.3 Å². The maximum Gasteiger partial charge on any atom is 2.00 e. The van der Waals surface area contributed by atoms with Gasteiger partial charge in [-0.15, -0.1) is 13.8 Å². The fourth-order valence-electron chi connectivity index (χ4n) is 3.52. The van der Waals surface area contributed by atoms with Crippen LogP contribution in [0.5, 0.6) is 11.5 Å². The Bertz CT molecular complexity index is 999. The van der Waals surface area contributed by atoms with Crippen LogP contribution in [-0.4, -0.2) is 10.2 Å². The van der Waals surface area contributed by atoms with E-state index in [1.807, 2.05) is 38.1 Å². The zero-order valence-electron chi connectivity index (χ0n) is 24.3. The predicted molar refractivity (Wildman–Crippen MR) is 155 cm³/mol. The summed E-state index contributed by atoms with van der Waals surface area (Å²) < 4.78 is 0. The molecule has 0 radical (unpaired) electrons. The van der Waals surface area contributed by atoms with Crippen molar-refractivity contribution in [1.29, 1.82) is 0 Å². The smallest absolute Gasteiger partial charge is 0.508 e. The van der Waals surface area contributed by atoms with Gasteiger partial charge in [0.25, 0.3) is 0 Å². The second kappa shape index (κ2) is 19.0. The minimum absolute atomic E-state index is 0. The Balaban J connectivity index is 0.000000473. The molecule has 2 nitrogen and oxygen atoms in total. The van der Waals surface area contributed by atoms with Gasteiger partial charge in [0.2, 0.25) is 0 Å². The molecule has 0 spiro atoms. The Morgan fingerprint density at radius 2 is 0.946 bits per heavy atom. The molecule has 4 rings (SSSR count). The molecule has 0 saturated carbocycles. The van der Waals surface area contributed by atoms with Crippen LogP contribution in [0.4, 0.5) is 0 Å². The summed E-state index contributed by atoms with van der Waals surface area (Å²) in [6, 6.07) is 11.8. The van der Waals surface area contributed by atoms with Crippen molar-refractivity contribution in [3.05, 3.63) is 105 Å². The van der Waals surface area contributed by atoms with Gasteiger partial charge in [-0.3, -0.25) is 12.2 Å². The Hall–Kier alpha value is -2.12. The third-order valence-corrected chi connectivity index (χ3v) is 6.61. The molecule has 0 aromatic heterocycles. The molecule has 2 N–H and O–H groups in total. The van der Waals surface area contributed by atoms with Gasteiger partial charge in [-0.2, -0.15) is 12.2 Å². The average molecular weight is 578 g/mol. The van der Waals surface area contributed by atoms with Gasteiger partial charge >= 0.3 is 26.2 Å². The Morgan fingerprint density at radius 3 is 1.11 bits per heavy atom. The van der Waals surface area contributed by atoms with Crippen molar-refractivity contribution in [2.24, 2.45) is 0 Å². The molecule has 0 atom stereocenters. The number of aryl methyl sites for hydroxylation is 4. The van der Waals surface area contributed by atoms with Crippen LogP contribution in [0.2, 0.25) is 0 Å². The summed E-state index contributed by atoms with van der Waals surface area (Å²) in [5, 5.41) is 18.8. The number of benzene rings is 2. The molecule has 2 aromatic rings. The topological polar surface area (TPSA) is 40.5 Å². The fraction of sp³-hybridized carbons (Fsp3) is 0.412. The minimum Gasteiger partial charge on any atom is -0.508 e. The van der Waals surface area contributed by atoms with Crippen LogP contribution in [0.1, 0.15) is 90.5 Å². The molecule has 0 amide bonds. The van der Waals surface area contributed by atoms with E-state index in [1.54, 1.807) is 0 Å². The van der Waals surface area contributed by atoms with Gasteiger partial charge in [0.1, 0.15) is 11.5 Å². The normalized spacial score (nSPS) is 13.2. The number of rotatable bonds is 4. The average Bonchev–Trinajstić information content (AvgIpc) is 3.45. The third kappa shape index (κ3) is 12.8. The van der Waals surface area contributed by atoms with E-state index >= 15 is 0 Å². The van der Waals surface area contributed by atoms with Crippen molar-refractivity contribution in [1.82, 2.24) is 0 Å². The fourth-order valence-corrected chi connectivity index (χ4v) is 3.52. The number of hydrogen-bond acceptors (Lipinski definition) is 2. The molecule has 0 bridgehead atoms. The number of phenols is 2. The van der Waals surface area contributed by atoms with Gasteiger partial charge in [-0.05, 0) is 60.1 Å². The summed E-state index contributed by atoms with van der Waals surface area (Å²) >= 11 is 0. The third-order valence-electron chi connectivity index (χ3n) is 6.61. The first-order valence-electron chi connectivity index (χ1n) is 13.3. The zero-order valence-corrected chi connectivity index (χ0v) is 26.7. The summed E-state index contributed by atoms with van der Waals surface area (Å²) in [7, 11) is 0. The maximum atomic E-state index is 9.42. The maximum absolute atomic E-state index is 9.42. The molecule has 2 aliphatic carbocycles. The van der Waals surface area contributed by atoms with Gasteiger partial charge in [-0.1, -0.05) is 78.6 Å². The summed E-state index contributed by atoms with van der Waals surface area (Å²) in [6.45, 7) is 16.7. The van der Waals surface area contributed by atoms with Crippen molar-refractivity contribution >= 4 is 0 Å². The van der Waals surface area contributed by atoms with Crippen LogP contribution in [0.3, 0.4) is 0 Å². The van der Waals surface area contributed by atoms with Crippen LogP contribution >= 0.6 is 0 Å². The van der Waals surface area contributed by atoms with Gasteiger partial charge < -0.3 is 10.2 Å². The number of aromatic hydroxyl groups is 2. The molecule has 2 aromatic carbocycles. The summed E-state index contributed by atoms with van der Waals surface area (Å²) in [5.41, 5.74) is 10.0. The molecule has 0 fully saturated rings. The molecule has 0 heterocycles. The second-order valence-corrected chi connectivity index (χ2v) is 9.26. The number of allylic oxidation sites excluding steroid dienone is 8. The molecular weight excluding hydrogens is 532 g/mol. The van der Waals surface area contributed by atoms with E-state index in [9.17, 15) is 10.2 Å². The van der Waals surface area contributed by atoms with E-state index in [0.717, 1.165) is 49.7 Å². The molecule has 0 unspecified atom stereocenters. The van der Waals surface area contributed by atoms with E-state index < -0.39 is 0 Å². The molecule has 0 aliphatic heterocycles. The largest absolute Gasteiger partial charge is 2.00 e. The van der Waals surface area contributed by atoms with E-state index in [2.05, 4.69) is 78.0 Å². The molecule has 0 saturated heterocycles. The summed E-state index contributed by atoms with van der Waals surface area (Å²) in [5.74, 6) is 0.874. The van der Waals surface area contributed by atoms with Crippen LogP contribution in [0.25, 0.3) is 0 Å². The van der Waals surface area contributed by atoms with Crippen molar-refractivity contribution in [2.45, 2.75) is 93.9 Å². The van der Waals surface area contributed by atoms with Gasteiger partial charge in [0.15, 0.2) is 0 Å². The first-order valence-corrected chi connectivity index (χ1v) is 13.3. The minimum atomic E-state index is 0. The van der Waals surface area contributed by atoms with E-state index in [1.165, 1.54) is 33.4 Å². The first kappa shape index (κ1) is 34.9. The van der Waals surface area contributed by atoms with Gasteiger partial charge in [0, 0.05) is 0 Å². The summed E-state index contributed by atoms with van der Waals surface area (Å²) in [6.07, 6.45) is 16.4. The molecule has 198 valence electrons. The van der Waals surface area contributed by atoms with Crippen molar-refractivity contribution in [2.75, 3.05) is 0 Å². The van der Waals surface area contributed by atoms with Crippen LogP contribution in [-0.2, 0) is 51.9 Å². The first-order chi connectivity index (χ1) is 17.2. The van der Waals surface area contributed by atoms with Crippen LogP contribution in [0, 0.1) is 12.2 Å². The Labute approximate surface area is 246 Å². The van der Waals surface area contributed by atoms with Crippen molar-refractivity contribution in [3.63, 3.8) is 0 Å². The zero-order chi connectivity index (χ0) is 27.1. The van der Waals surface area contributed by atoms with E-state index in [-0.39, 0.29) is 26.2 Å². The second-order valence-electron chi connectivity index (χ2n) is 9.26. The predicted octanol–water partition coefficient (Wildman–Crippen LogP) is 9.20. The number of phenolic OH excluding ortho intramolecular Hbond substituents is 2.